The monoisotopic (exact) mass is 222 g/mol. The highest BCUT2D eigenvalue weighted by Gasteiger charge is 2.22. The van der Waals surface area contributed by atoms with E-state index in [-0.39, 0.29) is 6.04 Å². The summed E-state index contributed by atoms with van der Waals surface area (Å²) in [4.78, 5) is 0. The minimum atomic E-state index is 0.255. The summed E-state index contributed by atoms with van der Waals surface area (Å²) >= 11 is 0. The zero-order chi connectivity index (χ0) is 11.4. The molecular weight excluding hydrogens is 200 g/mol. The third kappa shape index (κ3) is 2.44. The van der Waals surface area contributed by atoms with Crippen LogP contribution in [0.25, 0.3) is 0 Å². The van der Waals surface area contributed by atoms with Gasteiger partial charge in [0.1, 0.15) is 0 Å². The molecule has 0 amide bonds. The summed E-state index contributed by atoms with van der Waals surface area (Å²) in [5.74, 6) is 6.51. The van der Waals surface area contributed by atoms with Crippen LogP contribution in [0.1, 0.15) is 50.8 Å². The maximum atomic E-state index is 5.67. The fourth-order valence-corrected chi connectivity index (χ4v) is 2.76. The average Bonchev–Trinajstić information content (AvgIpc) is 2.96. The van der Waals surface area contributed by atoms with Gasteiger partial charge in [-0.25, -0.2) is 0 Å². The summed E-state index contributed by atoms with van der Waals surface area (Å²) in [5, 5.41) is 4.30. The van der Waals surface area contributed by atoms with E-state index in [0.717, 1.165) is 18.9 Å². The average molecular weight is 222 g/mol. The molecule has 1 unspecified atom stereocenters. The van der Waals surface area contributed by atoms with Crippen LogP contribution in [-0.2, 0) is 6.54 Å². The molecule has 2 rings (SSSR count). The van der Waals surface area contributed by atoms with Crippen molar-refractivity contribution < 1.29 is 0 Å². The maximum absolute atomic E-state index is 5.67. The van der Waals surface area contributed by atoms with Crippen molar-refractivity contribution in [3.63, 3.8) is 0 Å². The Bertz CT molecular complexity index is 315. The molecule has 4 nitrogen and oxygen atoms in total. The minimum Gasteiger partial charge on any atom is -0.271 e. The van der Waals surface area contributed by atoms with Gasteiger partial charge in [-0.1, -0.05) is 25.7 Å². The number of nitrogens with one attached hydrogen (secondary N) is 1. The second-order valence-electron chi connectivity index (χ2n) is 4.68. The number of rotatable bonds is 5. The standard InChI is InChI=1S/C12H22N4/c1-2-16-12(7-8-14-16)11(15-13)9-10-5-3-4-6-10/h7-8,10-11,15H,2-6,9,13H2,1H3. The molecule has 0 saturated heterocycles. The van der Waals surface area contributed by atoms with Crippen LogP contribution in [0.3, 0.4) is 0 Å². The highest BCUT2D eigenvalue weighted by atomic mass is 15.3. The third-order valence-corrected chi connectivity index (χ3v) is 3.65. The van der Waals surface area contributed by atoms with Gasteiger partial charge in [0.05, 0.1) is 11.7 Å². The Morgan fingerprint density at radius 1 is 1.56 bits per heavy atom. The maximum Gasteiger partial charge on any atom is 0.0631 e. The molecule has 3 N–H and O–H groups in total. The molecule has 0 aliphatic heterocycles. The van der Waals surface area contributed by atoms with Crippen LogP contribution < -0.4 is 11.3 Å². The molecule has 0 aromatic carbocycles. The van der Waals surface area contributed by atoms with Gasteiger partial charge in [0.25, 0.3) is 0 Å². The lowest BCUT2D eigenvalue weighted by molar-refractivity contribution is 0.380. The number of nitrogens with two attached hydrogens (primary N) is 1. The van der Waals surface area contributed by atoms with E-state index in [1.165, 1.54) is 31.4 Å². The highest BCUT2D eigenvalue weighted by Crippen LogP contribution is 2.32. The van der Waals surface area contributed by atoms with Gasteiger partial charge in [-0.05, 0) is 25.3 Å². The van der Waals surface area contributed by atoms with Crippen LogP contribution in [-0.4, -0.2) is 9.78 Å². The SMILES string of the molecule is CCn1nccc1C(CC1CCCC1)NN. The Labute approximate surface area is 97.2 Å². The van der Waals surface area contributed by atoms with Gasteiger partial charge in [0.2, 0.25) is 0 Å². The van der Waals surface area contributed by atoms with Crippen LogP contribution in [0.2, 0.25) is 0 Å². The van der Waals surface area contributed by atoms with E-state index in [0.29, 0.717) is 0 Å². The Kier molecular flexibility index (Phi) is 3.96. The Balaban J connectivity index is 2.03. The summed E-state index contributed by atoms with van der Waals surface area (Å²) in [7, 11) is 0. The number of aromatic nitrogens is 2. The van der Waals surface area contributed by atoms with Crippen molar-refractivity contribution >= 4 is 0 Å². The molecule has 1 aromatic heterocycles. The molecule has 1 fully saturated rings. The largest absolute Gasteiger partial charge is 0.271 e. The van der Waals surface area contributed by atoms with Crippen molar-refractivity contribution in [2.24, 2.45) is 11.8 Å². The first-order valence-electron chi connectivity index (χ1n) is 6.33. The summed E-state index contributed by atoms with van der Waals surface area (Å²) in [6, 6.07) is 2.33. The van der Waals surface area contributed by atoms with Crippen molar-refractivity contribution in [1.29, 1.82) is 0 Å². The van der Waals surface area contributed by atoms with E-state index < -0.39 is 0 Å². The predicted molar refractivity (Wildman–Crippen MR) is 64.5 cm³/mol. The van der Waals surface area contributed by atoms with E-state index in [4.69, 9.17) is 5.84 Å². The Hall–Kier alpha value is -0.870. The van der Waals surface area contributed by atoms with Gasteiger partial charge >= 0.3 is 0 Å². The number of hydrogen-bond donors (Lipinski definition) is 2. The highest BCUT2D eigenvalue weighted by molar-refractivity contribution is 5.07. The van der Waals surface area contributed by atoms with Crippen LogP contribution in [0.15, 0.2) is 12.3 Å². The molecule has 1 aliphatic rings. The lowest BCUT2D eigenvalue weighted by Gasteiger charge is -2.20. The Morgan fingerprint density at radius 2 is 2.31 bits per heavy atom. The molecule has 1 saturated carbocycles. The molecule has 0 radical (unpaired) electrons. The topological polar surface area (TPSA) is 55.9 Å². The van der Waals surface area contributed by atoms with Crippen molar-refractivity contribution in [2.45, 2.75) is 51.6 Å². The van der Waals surface area contributed by atoms with Gasteiger partial charge in [0.15, 0.2) is 0 Å². The molecule has 0 bridgehead atoms. The molecule has 1 heterocycles. The zero-order valence-corrected chi connectivity index (χ0v) is 10.0. The zero-order valence-electron chi connectivity index (χ0n) is 10.0. The fraction of sp³-hybridized carbons (Fsp3) is 0.750. The van der Waals surface area contributed by atoms with Crippen molar-refractivity contribution in [3.8, 4) is 0 Å². The van der Waals surface area contributed by atoms with Gasteiger partial charge < -0.3 is 0 Å². The van der Waals surface area contributed by atoms with Crippen LogP contribution in [0.4, 0.5) is 0 Å². The summed E-state index contributed by atoms with van der Waals surface area (Å²) in [5.41, 5.74) is 4.16. The van der Waals surface area contributed by atoms with Crippen LogP contribution >= 0.6 is 0 Å². The molecule has 16 heavy (non-hydrogen) atoms. The first-order valence-corrected chi connectivity index (χ1v) is 6.33. The molecular formula is C12H22N4. The predicted octanol–water partition coefficient (Wildman–Crippen LogP) is 1.99. The van der Waals surface area contributed by atoms with Gasteiger partial charge in [-0.2, -0.15) is 5.10 Å². The van der Waals surface area contributed by atoms with E-state index >= 15 is 0 Å². The van der Waals surface area contributed by atoms with E-state index in [2.05, 4.69) is 23.5 Å². The second kappa shape index (κ2) is 5.46. The quantitative estimate of drug-likeness (QED) is 0.591. The Morgan fingerprint density at radius 3 is 2.94 bits per heavy atom. The summed E-state index contributed by atoms with van der Waals surface area (Å²) in [6.45, 7) is 3.02. The van der Waals surface area contributed by atoms with E-state index in [9.17, 15) is 0 Å². The first-order chi connectivity index (χ1) is 7.85. The fourth-order valence-electron chi connectivity index (χ4n) is 2.76. The van der Waals surface area contributed by atoms with Crippen molar-refractivity contribution in [3.05, 3.63) is 18.0 Å². The van der Waals surface area contributed by atoms with E-state index in [1.807, 2.05) is 10.9 Å². The second-order valence-corrected chi connectivity index (χ2v) is 4.68. The van der Waals surface area contributed by atoms with Crippen molar-refractivity contribution in [2.75, 3.05) is 0 Å². The number of aryl methyl sites for hydroxylation is 1. The summed E-state index contributed by atoms with van der Waals surface area (Å²) in [6.07, 6.45) is 8.49. The lowest BCUT2D eigenvalue weighted by atomic mass is 9.97. The van der Waals surface area contributed by atoms with Crippen LogP contribution in [0, 0.1) is 5.92 Å². The van der Waals surface area contributed by atoms with Crippen molar-refractivity contribution in [1.82, 2.24) is 15.2 Å². The van der Waals surface area contributed by atoms with Gasteiger partial charge in [0, 0.05) is 12.7 Å². The molecule has 0 spiro atoms. The minimum absolute atomic E-state index is 0.255. The van der Waals surface area contributed by atoms with Crippen LogP contribution in [0.5, 0.6) is 0 Å². The van der Waals surface area contributed by atoms with Gasteiger partial charge in [-0.3, -0.25) is 16.0 Å². The normalized spacial score (nSPS) is 19.1. The smallest absolute Gasteiger partial charge is 0.0631 e. The summed E-state index contributed by atoms with van der Waals surface area (Å²) < 4.78 is 2.03. The number of hydrazine groups is 1. The molecule has 1 aliphatic carbocycles. The van der Waals surface area contributed by atoms with E-state index in [1.54, 1.807) is 0 Å². The molecule has 90 valence electrons. The third-order valence-electron chi connectivity index (χ3n) is 3.65. The van der Waals surface area contributed by atoms with Gasteiger partial charge in [-0.15, -0.1) is 0 Å². The molecule has 1 atom stereocenters. The number of nitrogens with zero attached hydrogens (tertiary/aromatic N) is 2. The molecule has 1 aromatic rings. The number of hydrogen-bond acceptors (Lipinski definition) is 3. The lowest BCUT2D eigenvalue weighted by Crippen LogP contribution is -2.31. The first kappa shape index (κ1) is 11.6. The molecule has 4 heteroatoms.